The zero-order valence-electron chi connectivity index (χ0n) is 17.6. The normalized spacial score (nSPS) is 10.6. The number of para-hydroxylation sites is 1. The zero-order chi connectivity index (χ0) is 23.4. The van der Waals surface area contributed by atoms with Gasteiger partial charge in [0.15, 0.2) is 6.61 Å². The Bertz CT molecular complexity index is 1370. The molecule has 1 amide bonds. The van der Waals surface area contributed by atoms with E-state index in [9.17, 15) is 19.7 Å². The molecule has 0 bridgehead atoms. The third kappa shape index (κ3) is 4.69. The van der Waals surface area contributed by atoms with Gasteiger partial charge in [0.1, 0.15) is 0 Å². The molecule has 8 heteroatoms. The van der Waals surface area contributed by atoms with Crippen LogP contribution in [0.15, 0.2) is 78.9 Å². The molecule has 1 heterocycles. The minimum absolute atomic E-state index is 0.110. The smallest absolute Gasteiger partial charge is 0.339 e. The van der Waals surface area contributed by atoms with Gasteiger partial charge in [0, 0.05) is 17.0 Å². The lowest BCUT2D eigenvalue weighted by atomic mass is 10.0. The number of benzene rings is 3. The van der Waals surface area contributed by atoms with E-state index >= 15 is 0 Å². The number of amides is 1. The Morgan fingerprint density at radius 2 is 1.73 bits per heavy atom. The molecule has 8 nitrogen and oxygen atoms in total. The number of aromatic nitrogens is 1. The summed E-state index contributed by atoms with van der Waals surface area (Å²) in [6.07, 6.45) is 0. The SMILES string of the molecule is Cc1c(NC(=O)COC(=O)c2cc(-c3ccccc3)nc3ccccc23)cccc1[N+](=O)[O-]. The van der Waals surface area contributed by atoms with Crippen LogP contribution < -0.4 is 5.32 Å². The van der Waals surface area contributed by atoms with Crippen molar-refractivity contribution in [1.82, 2.24) is 4.98 Å². The molecule has 0 saturated carbocycles. The first-order valence-electron chi connectivity index (χ1n) is 10.1. The van der Waals surface area contributed by atoms with E-state index in [0.29, 0.717) is 27.7 Å². The highest BCUT2D eigenvalue weighted by Gasteiger charge is 2.18. The molecule has 1 N–H and O–H groups in total. The van der Waals surface area contributed by atoms with E-state index in [1.54, 1.807) is 30.3 Å². The van der Waals surface area contributed by atoms with Gasteiger partial charge in [0.2, 0.25) is 0 Å². The molecule has 0 fully saturated rings. The summed E-state index contributed by atoms with van der Waals surface area (Å²) in [4.78, 5) is 40.4. The van der Waals surface area contributed by atoms with Gasteiger partial charge in [-0.3, -0.25) is 14.9 Å². The maximum absolute atomic E-state index is 12.9. The molecule has 0 unspecified atom stereocenters. The van der Waals surface area contributed by atoms with E-state index in [2.05, 4.69) is 10.3 Å². The molecule has 3 aromatic carbocycles. The van der Waals surface area contributed by atoms with Crippen molar-refractivity contribution in [3.8, 4) is 11.3 Å². The van der Waals surface area contributed by atoms with Crippen LogP contribution in [0.5, 0.6) is 0 Å². The number of ether oxygens (including phenoxy) is 1. The van der Waals surface area contributed by atoms with Crippen molar-refractivity contribution >= 4 is 34.2 Å². The Balaban J connectivity index is 1.54. The lowest BCUT2D eigenvalue weighted by Crippen LogP contribution is -2.21. The van der Waals surface area contributed by atoms with Gasteiger partial charge in [-0.25, -0.2) is 9.78 Å². The fourth-order valence-corrected chi connectivity index (χ4v) is 3.45. The van der Waals surface area contributed by atoms with Crippen LogP contribution in [0.4, 0.5) is 11.4 Å². The first-order chi connectivity index (χ1) is 15.9. The van der Waals surface area contributed by atoms with Crippen molar-refractivity contribution in [2.75, 3.05) is 11.9 Å². The molecule has 33 heavy (non-hydrogen) atoms. The summed E-state index contributed by atoms with van der Waals surface area (Å²) in [5, 5.41) is 14.2. The summed E-state index contributed by atoms with van der Waals surface area (Å²) in [6, 6.07) is 22.6. The number of carbonyl (C=O) groups excluding carboxylic acids is 2. The molecule has 0 aliphatic heterocycles. The van der Waals surface area contributed by atoms with Gasteiger partial charge >= 0.3 is 5.97 Å². The second-order valence-electron chi connectivity index (χ2n) is 7.27. The summed E-state index contributed by atoms with van der Waals surface area (Å²) in [7, 11) is 0. The predicted octanol–water partition coefficient (Wildman–Crippen LogP) is 4.91. The second-order valence-corrected chi connectivity index (χ2v) is 7.27. The molecule has 0 radical (unpaired) electrons. The monoisotopic (exact) mass is 441 g/mol. The molecule has 164 valence electrons. The van der Waals surface area contributed by atoms with Gasteiger partial charge < -0.3 is 10.1 Å². The minimum Gasteiger partial charge on any atom is -0.452 e. The second kappa shape index (κ2) is 9.27. The summed E-state index contributed by atoms with van der Waals surface area (Å²) in [5.74, 6) is -1.27. The molecule has 1 aromatic heterocycles. The lowest BCUT2D eigenvalue weighted by Gasteiger charge is -2.11. The molecule has 4 aromatic rings. The van der Waals surface area contributed by atoms with E-state index in [4.69, 9.17) is 4.74 Å². The summed E-state index contributed by atoms with van der Waals surface area (Å²) < 4.78 is 5.27. The fraction of sp³-hybridized carbons (Fsp3) is 0.0800. The Morgan fingerprint density at radius 3 is 2.48 bits per heavy atom. The van der Waals surface area contributed by atoms with Crippen LogP contribution in [-0.4, -0.2) is 28.4 Å². The molecule has 4 rings (SSSR count). The molecular formula is C25H19N3O5. The Hall–Kier alpha value is -4.59. The summed E-state index contributed by atoms with van der Waals surface area (Å²) in [6.45, 7) is 0.992. The molecule has 0 spiro atoms. The number of rotatable bonds is 6. The molecule has 0 aliphatic rings. The quantitative estimate of drug-likeness (QED) is 0.258. The average molecular weight is 441 g/mol. The first-order valence-corrected chi connectivity index (χ1v) is 10.1. The van der Waals surface area contributed by atoms with E-state index in [1.165, 1.54) is 19.1 Å². The Labute approximate surface area is 189 Å². The summed E-state index contributed by atoms with van der Waals surface area (Å²) >= 11 is 0. The largest absolute Gasteiger partial charge is 0.452 e. The average Bonchev–Trinajstić information content (AvgIpc) is 2.83. The van der Waals surface area contributed by atoms with E-state index in [1.807, 2.05) is 36.4 Å². The number of anilines is 1. The van der Waals surface area contributed by atoms with Gasteiger partial charge in [0.05, 0.1) is 32.9 Å². The number of nitrogens with zero attached hydrogens (tertiary/aromatic N) is 2. The lowest BCUT2D eigenvalue weighted by molar-refractivity contribution is -0.385. The number of pyridine rings is 1. The van der Waals surface area contributed by atoms with Crippen molar-refractivity contribution < 1.29 is 19.2 Å². The maximum atomic E-state index is 12.9. The van der Waals surface area contributed by atoms with Crippen LogP contribution in [0.2, 0.25) is 0 Å². The topological polar surface area (TPSA) is 111 Å². The van der Waals surface area contributed by atoms with Crippen molar-refractivity contribution in [1.29, 1.82) is 0 Å². The number of hydrogen-bond acceptors (Lipinski definition) is 6. The van der Waals surface area contributed by atoms with Gasteiger partial charge in [-0.2, -0.15) is 0 Å². The number of nitrogens with one attached hydrogen (secondary N) is 1. The fourth-order valence-electron chi connectivity index (χ4n) is 3.45. The molecular weight excluding hydrogens is 422 g/mol. The number of carbonyl (C=O) groups is 2. The van der Waals surface area contributed by atoms with Gasteiger partial charge in [-0.1, -0.05) is 54.6 Å². The standard InChI is InChI=1S/C25H19N3O5/c1-16-20(12-7-13-23(16)28(31)32)27-24(29)15-33-25(30)19-14-22(17-8-3-2-4-9-17)26-21-11-6-5-10-18(19)21/h2-14H,15H2,1H3,(H,27,29). The highest BCUT2D eigenvalue weighted by molar-refractivity contribution is 6.05. The molecule has 0 atom stereocenters. The van der Waals surface area contributed by atoms with Crippen LogP contribution in [0.25, 0.3) is 22.2 Å². The van der Waals surface area contributed by atoms with Crippen molar-refractivity contribution in [3.63, 3.8) is 0 Å². The number of esters is 1. The van der Waals surface area contributed by atoms with Crippen LogP contribution in [-0.2, 0) is 9.53 Å². The third-order valence-electron chi connectivity index (χ3n) is 5.12. The predicted molar refractivity (Wildman–Crippen MR) is 124 cm³/mol. The van der Waals surface area contributed by atoms with Crippen molar-refractivity contribution in [2.45, 2.75) is 6.92 Å². The molecule has 0 aliphatic carbocycles. The van der Waals surface area contributed by atoms with Crippen LogP contribution in [0, 0.1) is 17.0 Å². The van der Waals surface area contributed by atoms with Crippen molar-refractivity contribution in [3.05, 3.63) is 100 Å². The van der Waals surface area contributed by atoms with Crippen LogP contribution in [0.3, 0.4) is 0 Å². The van der Waals surface area contributed by atoms with E-state index in [0.717, 1.165) is 5.56 Å². The Morgan fingerprint density at radius 1 is 1.00 bits per heavy atom. The highest BCUT2D eigenvalue weighted by atomic mass is 16.6. The number of nitro groups is 1. The highest BCUT2D eigenvalue weighted by Crippen LogP contribution is 2.26. The van der Waals surface area contributed by atoms with Gasteiger partial charge in [-0.05, 0) is 25.1 Å². The van der Waals surface area contributed by atoms with Gasteiger partial charge in [0.25, 0.3) is 11.6 Å². The molecule has 0 saturated heterocycles. The first kappa shape index (κ1) is 21.6. The van der Waals surface area contributed by atoms with Gasteiger partial charge in [-0.15, -0.1) is 0 Å². The number of hydrogen-bond donors (Lipinski definition) is 1. The van der Waals surface area contributed by atoms with E-state index < -0.39 is 23.4 Å². The maximum Gasteiger partial charge on any atom is 0.339 e. The van der Waals surface area contributed by atoms with E-state index in [-0.39, 0.29) is 11.4 Å². The number of nitro benzene ring substituents is 1. The van der Waals surface area contributed by atoms with Crippen LogP contribution in [0.1, 0.15) is 15.9 Å². The van der Waals surface area contributed by atoms with Crippen LogP contribution >= 0.6 is 0 Å². The minimum atomic E-state index is -0.670. The zero-order valence-corrected chi connectivity index (χ0v) is 17.6. The Kier molecular flexibility index (Phi) is 6.08. The number of fused-ring (bicyclic) bond motifs is 1. The third-order valence-corrected chi connectivity index (χ3v) is 5.12. The van der Waals surface area contributed by atoms with Crippen molar-refractivity contribution in [2.24, 2.45) is 0 Å². The summed E-state index contributed by atoms with van der Waals surface area (Å²) in [5.41, 5.74) is 2.86.